The van der Waals surface area contributed by atoms with Crippen LogP contribution < -0.4 is 0 Å². The number of ketones is 1. The van der Waals surface area contributed by atoms with Crippen molar-refractivity contribution in [1.82, 2.24) is 20.6 Å². The van der Waals surface area contributed by atoms with E-state index in [0.29, 0.717) is 12.2 Å². The minimum Gasteiger partial charge on any atom is -0.353 e. The molecule has 6 unspecified atom stereocenters. The summed E-state index contributed by atoms with van der Waals surface area (Å²) in [5, 5.41) is 14.1. The number of tetrazole rings is 1. The fourth-order valence-corrected chi connectivity index (χ4v) is 6.34. The highest BCUT2D eigenvalue weighted by Crippen LogP contribution is 2.39. The molecule has 9 nitrogen and oxygen atoms in total. The molecule has 1 aromatic heterocycles. The third kappa shape index (κ3) is 10.00. The van der Waals surface area contributed by atoms with Crippen LogP contribution in [0.3, 0.4) is 0 Å². The van der Waals surface area contributed by atoms with Crippen molar-refractivity contribution >= 4 is 5.78 Å². The third-order valence-corrected chi connectivity index (χ3v) is 8.73. The number of aromatic nitrogens is 4. The molecule has 226 valence electrons. The second-order valence-electron chi connectivity index (χ2n) is 12.2. The van der Waals surface area contributed by atoms with Crippen LogP contribution in [-0.2, 0) is 30.2 Å². The van der Waals surface area contributed by atoms with Crippen LogP contribution in [0.4, 0.5) is 0 Å². The monoisotopic (exact) mass is 560 g/mol. The number of carbonyl (C=O) groups excluding carboxylic acids is 1. The maximum absolute atomic E-state index is 13.3. The third-order valence-electron chi connectivity index (χ3n) is 8.73. The number of nitrogens with one attached hydrogen (secondary N) is 1. The van der Waals surface area contributed by atoms with Gasteiger partial charge in [-0.1, -0.05) is 57.6 Å². The Morgan fingerprint density at radius 1 is 1.00 bits per heavy atom. The first kappa shape index (κ1) is 31.3. The molecule has 6 atom stereocenters. The minimum atomic E-state index is -0.422. The van der Waals surface area contributed by atoms with E-state index in [2.05, 4.69) is 46.6 Å². The van der Waals surface area contributed by atoms with E-state index in [-0.39, 0.29) is 30.5 Å². The number of carbonyl (C=O) groups is 1. The zero-order valence-electron chi connectivity index (χ0n) is 24.9. The molecule has 0 bridgehead atoms. The van der Waals surface area contributed by atoms with Gasteiger partial charge in [-0.2, -0.15) is 0 Å². The molecule has 40 heavy (non-hydrogen) atoms. The average Bonchev–Trinajstić information content (AvgIpc) is 3.58. The van der Waals surface area contributed by atoms with E-state index in [1.807, 2.05) is 0 Å². The maximum atomic E-state index is 13.3. The molecule has 1 aromatic rings. The van der Waals surface area contributed by atoms with Gasteiger partial charge in [-0.25, -0.2) is 5.10 Å². The molecule has 0 radical (unpaired) electrons. The van der Waals surface area contributed by atoms with Gasteiger partial charge < -0.3 is 18.9 Å². The second kappa shape index (κ2) is 16.7. The Hall–Kier alpha value is -1.68. The first-order valence-electron chi connectivity index (χ1n) is 16.1. The summed E-state index contributed by atoms with van der Waals surface area (Å²) in [6.07, 6.45) is 21.2. The smallest absolute Gasteiger partial charge is 0.158 e. The summed E-state index contributed by atoms with van der Waals surface area (Å²) in [4.78, 5) is 13.3. The first-order valence-corrected chi connectivity index (χ1v) is 16.1. The van der Waals surface area contributed by atoms with Crippen LogP contribution in [0.25, 0.3) is 0 Å². The highest BCUT2D eigenvalue weighted by atomic mass is 16.7. The van der Waals surface area contributed by atoms with Crippen LogP contribution in [0.15, 0.2) is 12.2 Å². The molecule has 1 aliphatic carbocycles. The number of Topliss-reactive ketones (excluding diaryl/α,β-unsaturated/α-hetero) is 1. The largest absolute Gasteiger partial charge is 0.353 e. The number of ether oxygens (including phenoxy) is 4. The number of rotatable bonds is 17. The molecule has 0 aromatic carbocycles. The highest BCUT2D eigenvalue weighted by molar-refractivity contribution is 5.84. The Kier molecular flexibility index (Phi) is 13.0. The minimum absolute atomic E-state index is 0.0193. The molecule has 1 N–H and O–H groups in total. The van der Waals surface area contributed by atoms with Crippen molar-refractivity contribution in [3.05, 3.63) is 18.0 Å². The molecule has 0 amide bonds. The fraction of sp³-hybridized carbons (Fsp3) is 0.871. The van der Waals surface area contributed by atoms with E-state index in [0.717, 1.165) is 109 Å². The van der Waals surface area contributed by atoms with Crippen LogP contribution in [0, 0.1) is 11.8 Å². The van der Waals surface area contributed by atoms with Gasteiger partial charge in [0.25, 0.3) is 0 Å². The Morgan fingerprint density at radius 2 is 1.77 bits per heavy atom. The second-order valence-corrected chi connectivity index (χ2v) is 12.2. The number of aryl methyl sites for hydroxylation is 1. The lowest BCUT2D eigenvalue weighted by Crippen LogP contribution is -2.36. The number of nitrogens with zero attached hydrogens (tertiary/aromatic N) is 3. The molecule has 0 spiro atoms. The van der Waals surface area contributed by atoms with Crippen LogP contribution in [-0.4, -0.2) is 63.9 Å². The molecular weight excluding hydrogens is 508 g/mol. The zero-order valence-corrected chi connectivity index (χ0v) is 24.9. The van der Waals surface area contributed by atoms with Crippen LogP contribution in [0.5, 0.6) is 0 Å². The molecule has 3 fully saturated rings. The summed E-state index contributed by atoms with van der Waals surface area (Å²) in [5.41, 5.74) is -0.422. The van der Waals surface area contributed by atoms with Gasteiger partial charge in [0.1, 0.15) is 11.6 Å². The van der Waals surface area contributed by atoms with E-state index in [9.17, 15) is 4.79 Å². The van der Waals surface area contributed by atoms with E-state index in [1.165, 1.54) is 12.8 Å². The quantitative estimate of drug-likeness (QED) is 0.176. The summed E-state index contributed by atoms with van der Waals surface area (Å²) in [5.74, 6) is 1.19. The van der Waals surface area contributed by atoms with Gasteiger partial charge in [-0.15, -0.1) is 5.10 Å². The molecule has 2 aliphatic heterocycles. The lowest BCUT2D eigenvalue weighted by atomic mass is 9.86. The predicted molar refractivity (Wildman–Crippen MR) is 152 cm³/mol. The Balaban J connectivity index is 1.39. The summed E-state index contributed by atoms with van der Waals surface area (Å²) in [6.45, 7) is 5.93. The lowest BCUT2D eigenvalue weighted by Gasteiger charge is -2.34. The molecule has 9 heteroatoms. The van der Waals surface area contributed by atoms with Crippen molar-refractivity contribution in [2.75, 3.05) is 13.2 Å². The van der Waals surface area contributed by atoms with Gasteiger partial charge in [0.05, 0.1) is 11.7 Å². The molecule has 3 aliphatic rings. The van der Waals surface area contributed by atoms with Crippen molar-refractivity contribution in [3.8, 4) is 0 Å². The Morgan fingerprint density at radius 3 is 2.48 bits per heavy atom. The number of hydrogen-bond donors (Lipinski definition) is 1. The topological polar surface area (TPSA) is 108 Å². The summed E-state index contributed by atoms with van der Waals surface area (Å²) >= 11 is 0. The van der Waals surface area contributed by atoms with E-state index >= 15 is 0 Å². The van der Waals surface area contributed by atoms with E-state index in [1.54, 1.807) is 0 Å². The molecule has 2 saturated heterocycles. The standard InChI is InChI=1S/C31H52N4O5/c1-3-4-11-19-31(2,40-30-17-10-13-22-38-30)20-18-25-24(14-7-5-6-8-15-28-32-34-35-33-28)26(36)23-27(25)39-29-16-9-12-21-37-29/h18,20,24-25,27,29-30H,3-17,19,21-23H2,1-2H3,(H,32,33,34,35). The molecule has 1 saturated carbocycles. The average molecular weight is 561 g/mol. The van der Waals surface area contributed by atoms with Crippen molar-refractivity contribution in [2.24, 2.45) is 11.8 Å². The van der Waals surface area contributed by atoms with Crippen molar-refractivity contribution in [1.29, 1.82) is 0 Å². The summed E-state index contributed by atoms with van der Waals surface area (Å²) in [6, 6.07) is 0. The Labute approximate surface area is 240 Å². The molecule has 4 rings (SSSR count). The van der Waals surface area contributed by atoms with Crippen molar-refractivity contribution in [3.63, 3.8) is 0 Å². The Bertz CT molecular complexity index is 869. The zero-order chi connectivity index (χ0) is 28.0. The summed E-state index contributed by atoms with van der Waals surface area (Å²) < 4.78 is 25.0. The van der Waals surface area contributed by atoms with Gasteiger partial charge >= 0.3 is 0 Å². The van der Waals surface area contributed by atoms with Crippen LogP contribution in [0.2, 0.25) is 0 Å². The lowest BCUT2D eigenvalue weighted by molar-refractivity contribution is -0.208. The number of unbranched alkanes of at least 4 members (excludes halogenated alkanes) is 5. The maximum Gasteiger partial charge on any atom is 0.158 e. The van der Waals surface area contributed by atoms with E-state index in [4.69, 9.17) is 18.9 Å². The van der Waals surface area contributed by atoms with Gasteiger partial charge in [-0.05, 0) is 75.1 Å². The summed E-state index contributed by atoms with van der Waals surface area (Å²) in [7, 11) is 0. The predicted octanol–water partition coefficient (Wildman–Crippen LogP) is 6.25. The van der Waals surface area contributed by atoms with Crippen molar-refractivity contribution < 1.29 is 23.7 Å². The number of aromatic amines is 1. The molecular formula is C31H52N4O5. The van der Waals surface area contributed by atoms with Gasteiger partial charge in [0, 0.05) is 37.9 Å². The normalized spacial score (nSPS) is 29.2. The SMILES string of the molecule is CCCCCC(C)(C=CC1C(OC2CCCCO2)CC(=O)C1CCCCCCc1nnn[nH]1)OC1CCCCO1. The first-order chi connectivity index (χ1) is 19.6. The van der Waals surface area contributed by atoms with Crippen LogP contribution >= 0.6 is 0 Å². The molecule has 3 heterocycles. The van der Waals surface area contributed by atoms with E-state index < -0.39 is 5.60 Å². The van der Waals surface area contributed by atoms with Gasteiger partial charge in [0.15, 0.2) is 12.6 Å². The number of hydrogen-bond acceptors (Lipinski definition) is 8. The van der Waals surface area contributed by atoms with Crippen LogP contribution in [0.1, 0.15) is 122 Å². The highest BCUT2D eigenvalue weighted by Gasteiger charge is 2.43. The number of H-pyrrole nitrogens is 1. The fourth-order valence-electron chi connectivity index (χ4n) is 6.34. The van der Waals surface area contributed by atoms with Gasteiger partial charge in [-0.3, -0.25) is 4.79 Å². The van der Waals surface area contributed by atoms with Crippen molar-refractivity contribution in [2.45, 2.75) is 147 Å². The van der Waals surface area contributed by atoms with Gasteiger partial charge in [0.2, 0.25) is 0 Å².